The van der Waals surface area contributed by atoms with E-state index in [1.807, 2.05) is 24.3 Å². The van der Waals surface area contributed by atoms with Gasteiger partial charge in [-0.3, -0.25) is 0 Å². The number of hydrogen-bond acceptors (Lipinski definition) is 5. The Morgan fingerprint density at radius 3 is 2.47 bits per heavy atom. The summed E-state index contributed by atoms with van der Waals surface area (Å²) in [5.41, 5.74) is 7.32. The number of nitrogens with one attached hydrogen (secondary N) is 1. The van der Waals surface area contributed by atoms with Crippen LogP contribution >= 0.6 is 22.9 Å². The monoisotopic (exact) mass is 288 g/mol. The van der Waals surface area contributed by atoms with Crippen LogP contribution in [0.2, 0.25) is 5.02 Å². The molecule has 2 aromatic rings. The van der Waals surface area contributed by atoms with Crippen molar-refractivity contribution in [2.45, 2.75) is 6.54 Å². The Bertz CT molecular complexity index is 676. The quantitative estimate of drug-likeness (QED) is 0.907. The standard InChI is InChI=1S/C13H9ClN4S/c14-9-3-1-8(2-4-9)7-18-13-10(5-15)12(17)11(6-16)19-13/h1-4,18H,7,17H2. The van der Waals surface area contributed by atoms with Gasteiger partial charge in [0.15, 0.2) is 0 Å². The first kappa shape index (κ1) is 13.2. The SMILES string of the molecule is N#Cc1sc(NCc2ccc(Cl)cc2)c(C#N)c1N. The molecule has 0 fully saturated rings. The van der Waals surface area contributed by atoms with Crippen molar-refractivity contribution in [2.75, 3.05) is 11.1 Å². The second kappa shape index (κ2) is 5.62. The number of nitrogen functional groups attached to an aromatic ring is 1. The number of anilines is 2. The van der Waals surface area contributed by atoms with E-state index >= 15 is 0 Å². The lowest BCUT2D eigenvalue weighted by atomic mass is 10.2. The first-order valence-corrected chi connectivity index (χ1v) is 6.56. The zero-order valence-corrected chi connectivity index (χ0v) is 11.3. The fraction of sp³-hybridized carbons (Fsp3) is 0.0769. The predicted molar refractivity (Wildman–Crippen MR) is 76.9 cm³/mol. The van der Waals surface area contributed by atoms with Gasteiger partial charge in [-0.1, -0.05) is 23.7 Å². The van der Waals surface area contributed by atoms with Crippen molar-refractivity contribution in [3.05, 3.63) is 45.3 Å². The van der Waals surface area contributed by atoms with Gasteiger partial charge in [-0.2, -0.15) is 10.5 Å². The molecule has 0 aliphatic rings. The fourth-order valence-electron chi connectivity index (χ4n) is 1.55. The maximum absolute atomic E-state index is 9.05. The van der Waals surface area contributed by atoms with Crippen molar-refractivity contribution >= 4 is 33.6 Å². The van der Waals surface area contributed by atoms with Crippen molar-refractivity contribution in [1.29, 1.82) is 10.5 Å². The van der Waals surface area contributed by atoms with Gasteiger partial charge in [0.25, 0.3) is 0 Å². The minimum Gasteiger partial charge on any atom is -0.396 e. The van der Waals surface area contributed by atoms with E-state index in [0.717, 1.165) is 5.56 Å². The van der Waals surface area contributed by atoms with E-state index in [4.69, 9.17) is 27.9 Å². The fourth-order valence-corrected chi connectivity index (χ4v) is 2.54. The summed E-state index contributed by atoms with van der Waals surface area (Å²) in [4.78, 5) is 0.357. The summed E-state index contributed by atoms with van der Waals surface area (Å²) in [5.74, 6) is 0. The molecule has 0 aliphatic heterocycles. The molecular formula is C13H9ClN4S. The van der Waals surface area contributed by atoms with Gasteiger partial charge in [-0.15, -0.1) is 11.3 Å². The minimum absolute atomic E-state index is 0.244. The first-order valence-electron chi connectivity index (χ1n) is 5.36. The molecule has 0 radical (unpaired) electrons. The van der Waals surface area contributed by atoms with Crippen LogP contribution in [-0.2, 0) is 6.54 Å². The average molecular weight is 289 g/mol. The van der Waals surface area contributed by atoms with Crippen LogP contribution in [0.1, 0.15) is 16.0 Å². The zero-order valence-electron chi connectivity index (χ0n) is 9.77. The topological polar surface area (TPSA) is 85.6 Å². The van der Waals surface area contributed by atoms with Gasteiger partial charge >= 0.3 is 0 Å². The molecule has 0 atom stereocenters. The van der Waals surface area contributed by atoms with Crippen LogP contribution < -0.4 is 11.1 Å². The molecule has 0 saturated heterocycles. The summed E-state index contributed by atoms with van der Waals surface area (Å²) in [7, 11) is 0. The normalized spacial score (nSPS) is 9.63. The second-order valence-corrected chi connectivity index (χ2v) is 5.21. The molecule has 0 spiro atoms. The number of benzene rings is 1. The van der Waals surface area contributed by atoms with E-state index in [0.29, 0.717) is 27.0 Å². The minimum atomic E-state index is 0.244. The van der Waals surface area contributed by atoms with E-state index < -0.39 is 0 Å². The Hall–Kier alpha value is -2.21. The maximum Gasteiger partial charge on any atom is 0.131 e. The van der Waals surface area contributed by atoms with Gasteiger partial charge in [0.05, 0.1) is 5.69 Å². The summed E-state index contributed by atoms with van der Waals surface area (Å²) >= 11 is 6.99. The molecule has 19 heavy (non-hydrogen) atoms. The molecule has 0 amide bonds. The Morgan fingerprint density at radius 2 is 1.89 bits per heavy atom. The highest BCUT2D eigenvalue weighted by molar-refractivity contribution is 7.17. The Balaban J connectivity index is 2.18. The van der Waals surface area contributed by atoms with Gasteiger partial charge in [0.2, 0.25) is 0 Å². The van der Waals surface area contributed by atoms with Gasteiger partial charge < -0.3 is 11.1 Å². The van der Waals surface area contributed by atoms with Crippen molar-refractivity contribution in [3.63, 3.8) is 0 Å². The van der Waals surface area contributed by atoms with Crippen molar-refractivity contribution < 1.29 is 0 Å². The van der Waals surface area contributed by atoms with Crippen molar-refractivity contribution in [1.82, 2.24) is 0 Å². The lowest BCUT2D eigenvalue weighted by Gasteiger charge is -2.04. The molecule has 6 heteroatoms. The number of nitriles is 2. The zero-order chi connectivity index (χ0) is 13.8. The Kier molecular flexibility index (Phi) is 3.91. The van der Waals surface area contributed by atoms with Gasteiger partial charge in [0, 0.05) is 11.6 Å². The average Bonchev–Trinajstić information content (AvgIpc) is 2.73. The summed E-state index contributed by atoms with van der Waals surface area (Å²) in [6.45, 7) is 0.538. The van der Waals surface area contributed by atoms with Crippen LogP contribution in [-0.4, -0.2) is 0 Å². The molecule has 1 aromatic heterocycles. The van der Waals surface area contributed by atoms with Gasteiger partial charge in [0.1, 0.15) is 27.6 Å². The predicted octanol–water partition coefficient (Wildman–Crippen LogP) is 3.34. The molecule has 1 aromatic carbocycles. The highest BCUT2D eigenvalue weighted by atomic mass is 35.5. The largest absolute Gasteiger partial charge is 0.396 e. The highest BCUT2D eigenvalue weighted by Gasteiger charge is 2.15. The van der Waals surface area contributed by atoms with E-state index in [9.17, 15) is 0 Å². The number of halogens is 1. The third-order valence-electron chi connectivity index (χ3n) is 2.52. The van der Waals surface area contributed by atoms with Crippen LogP contribution in [0.25, 0.3) is 0 Å². The molecule has 0 aliphatic carbocycles. The first-order chi connectivity index (χ1) is 9.15. The third kappa shape index (κ3) is 2.79. The summed E-state index contributed by atoms with van der Waals surface area (Å²) in [5, 5.41) is 22.4. The number of nitrogens with zero attached hydrogens (tertiary/aromatic N) is 2. The van der Waals surface area contributed by atoms with Crippen LogP contribution in [0.4, 0.5) is 10.7 Å². The lowest BCUT2D eigenvalue weighted by molar-refractivity contribution is 1.16. The molecule has 0 saturated carbocycles. The van der Waals surface area contributed by atoms with Crippen LogP contribution in [0.5, 0.6) is 0 Å². The van der Waals surface area contributed by atoms with E-state index in [1.165, 1.54) is 11.3 Å². The smallest absolute Gasteiger partial charge is 0.131 e. The van der Waals surface area contributed by atoms with E-state index in [-0.39, 0.29) is 5.69 Å². The summed E-state index contributed by atoms with van der Waals surface area (Å²) < 4.78 is 0. The highest BCUT2D eigenvalue weighted by Crippen LogP contribution is 2.34. The molecule has 0 unspecified atom stereocenters. The number of thiophene rings is 1. The molecule has 94 valence electrons. The number of nitrogens with two attached hydrogens (primary N) is 1. The molecule has 0 bridgehead atoms. The Morgan fingerprint density at radius 1 is 1.21 bits per heavy atom. The summed E-state index contributed by atoms with van der Waals surface area (Å²) in [6.07, 6.45) is 0. The lowest BCUT2D eigenvalue weighted by Crippen LogP contribution is -1.99. The molecule has 1 heterocycles. The maximum atomic E-state index is 9.05. The van der Waals surface area contributed by atoms with E-state index in [2.05, 4.69) is 5.32 Å². The Labute approximate surface area is 119 Å². The van der Waals surface area contributed by atoms with Crippen molar-refractivity contribution in [3.8, 4) is 12.1 Å². The third-order valence-corrected chi connectivity index (χ3v) is 3.84. The van der Waals surface area contributed by atoms with Gasteiger partial charge in [-0.05, 0) is 17.7 Å². The molecular weight excluding hydrogens is 280 g/mol. The molecule has 3 N–H and O–H groups in total. The van der Waals surface area contributed by atoms with Crippen LogP contribution in [0.15, 0.2) is 24.3 Å². The van der Waals surface area contributed by atoms with Gasteiger partial charge in [-0.25, -0.2) is 0 Å². The van der Waals surface area contributed by atoms with Crippen molar-refractivity contribution in [2.24, 2.45) is 0 Å². The number of rotatable bonds is 3. The van der Waals surface area contributed by atoms with E-state index in [1.54, 1.807) is 12.1 Å². The number of hydrogen-bond donors (Lipinski definition) is 2. The second-order valence-electron chi connectivity index (χ2n) is 3.75. The van der Waals surface area contributed by atoms with Crippen LogP contribution in [0, 0.1) is 22.7 Å². The summed E-state index contributed by atoms with van der Waals surface area (Å²) in [6, 6.07) is 11.4. The molecule has 4 nitrogen and oxygen atoms in total. The molecule has 2 rings (SSSR count). The van der Waals surface area contributed by atoms with Crippen LogP contribution in [0.3, 0.4) is 0 Å².